The summed E-state index contributed by atoms with van der Waals surface area (Å²) in [6, 6.07) is 1.13. The second kappa shape index (κ2) is 10.7. The lowest BCUT2D eigenvalue weighted by Gasteiger charge is -2.37. The van der Waals surface area contributed by atoms with E-state index in [9.17, 15) is 14.7 Å². The van der Waals surface area contributed by atoms with Gasteiger partial charge in [-0.15, -0.1) is 0 Å². The number of nitrogens with zero attached hydrogens (tertiary/aromatic N) is 1. The Labute approximate surface area is 242 Å². The molecule has 0 unspecified atom stereocenters. The van der Waals surface area contributed by atoms with Crippen LogP contribution in [0.25, 0.3) is 10.9 Å². The number of hydrogen-bond acceptors (Lipinski definition) is 10. The summed E-state index contributed by atoms with van der Waals surface area (Å²) in [6.45, 7) is 8.91. The molecule has 0 amide bonds. The van der Waals surface area contributed by atoms with Crippen LogP contribution in [-0.2, 0) is 23.7 Å². The van der Waals surface area contributed by atoms with Crippen LogP contribution in [0, 0.1) is 5.82 Å². The number of halogens is 1. The first-order valence-corrected chi connectivity index (χ1v) is 14.4. The zero-order valence-corrected chi connectivity index (χ0v) is 24.4. The van der Waals surface area contributed by atoms with E-state index in [0.29, 0.717) is 31.6 Å². The summed E-state index contributed by atoms with van der Waals surface area (Å²) in [5.74, 6) is -3.41. The fourth-order valence-corrected chi connectivity index (χ4v) is 6.14. The number of carboxylic acids is 1. The Kier molecular flexibility index (Phi) is 7.47. The van der Waals surface area contributed by atoms with Crippen molar-refractivity contribution < 1.29 is 42.7 Å². The Morgan fingerprint density at radius 3 is 2.48 bits per heavy atom. The Morgan fingerprint density at radius 2 is 1.79 bits per heavy atom. The SMILES string of the molecule is COc1c(NCCCNC[C@H]2O[C@@H]3OC(C)(C)O[C@@H]3[C@H]3OC(C)(C)O[C@H]32)c(F)cc2c(=O)c(C(=O)O)cn(C3CC3)c12. The molecule has 3 aliphatic heterocycles. The van der Waals surface area contributed by atoms with Crippen LogP contribution in [-0.4, -0.2) is 84.7 Å². The summed E-state index contributed by atoms with van der Waals surface area (Å²) < 4.78 is 53.1. The number of nitrogens with one attached hydrogen (secondary N) is 2. The molecule has 42 heavy (non-hydrogen) atoms. The van der Waals surface area contributed by atoms with Crippen molar-refractivity contribution in [2.45, 2.75) is 95.3 Å². The highest BCUT2D eigenvalue weighted by molar-refractivity contribution is 5.97. The van der Waals surface area contributed by atoms with Gasteiger partial charge in [0.1, 0.15) is 35.7 Å². The van der Waals surface area contributed by atoms with E-state index in [1.54, 1.807) is 4.57 Å². The normalized spacial score (nSPS) is 29.3. The first-order valence-electron chi connectivity index (χ1n) is 14.4. The standard InChI is InChI=1S/C29H38FN3O9/c1-28(2)39-22-18(38-27-25(24(22)40-28)41-29(3,4)42-27)12-31-9-6-10-32-19-17(30)11-15-20(23(19)37-5)33(14-7-8-14)13-16(21(15)34)26(35)36/h11,13-14,18,22,24-25,27,31-32H,6-10,12H2,1-5H3,(H,35,36)/t18-,22+,24+,25-,27-/m1/s1. The number of anilines is 1. The molecule has 1 aromatic heterocycles. The van der Waals surface area contributed by atoms with Crippen molar-refractivity contribution in [3.05, 3.63) is 33.9 Å². The van der Waals surface area contributed by atoms with E-state index in [2.05, 4.69) is 10.6 Å². The molecule has 230 valence electrons. The number of benzene rings is 1. The first kappa shape index (κ1) is 29.3. The van der Waals surface area contributed by atoms with E-state index in [1.807, 2.05) is 27.7 Å². The number of aromatic nitrogens is 1. The van der Waals surface area contributed by atoms with Gasteiger partial charge in [0.2, 0.25) is 5.43 Å². The van der Waals surface area contributed by atoms with Gasteiger partial charge < -0.3 is 48.7 Å². The average Bonchev–Trinajstić information content (AvgIpc) is 3.63. The van der Waals surface area contributed by atoms with Gasteiger partial charge in [0, 0.05) is 25.3 Å². The van der Waals surface area contributed by atoms with Crippen molar-refractivity contribution >= 4 is 22.6 Å². The number of fused-ring (bicyclic) bond motifs is 4. The molecule has 6 rings (SSSR count). The maximum absolute atomic E-state index is 15.3. The minimum absolute atomic E-state index is 0.0160. The van der Waals surface area contributed by atoms with Gasteiger partial charge in [-0.25, -0.2) is 9.18 Å². The van der Waals surface area contributed by atoms with Crippen LogP contribution in [0.1, 0.15) is 63.4 Å². The minimum Gasteiger partial charge on any atom is -0.492 e. The van der Waals surface area contributed by atoms with E-state index in [-0.39, 0.29) is 52.8 Å². The number of carboxylic acid groups (broad SMARTS) is 1. The van der Waals surface area contributed by atoms with Gasteiger partial charge in [-0.3, -0.25) is 4.79 Å². The molecule has 4 heterocycles. The van der Waals surface area contributed by atoms with Crippen LogP contribution in [0.2, 0.25) is 0 Å². The Hall–Kier alpha value is -2.81. The summed E-state index contributed by atoms with van der Waals surface area (Å²) in [7, 11) is 1.41. The van der Waals surface area contributed by atoms with Crippen LogP contribution in [0.3, 0.4) is 0 Å². The van der Waals surface area contributed by atoms with E-state index in [4.69, 9.17) is 28.4 Å². The summed E-state index contributed by atoms with van der Waals surface area (Å²) in [5, 5.41) is 16.0. The van der Waals surface area contributed by atoms with Crippen molar-refractivity contribution in [1.82, 2.24) is 9.88 Å². The maximum atomic E-state index is 15.3. The molecule has 0 spiro atoms. The van der Waals surface area contributed by atoms with Gasteiger partial charge in [0.05, 0.1) is 18.0 Å². The topological polar surface area (TPSA) is 139 Å². The quantitative estimate of drug-likeness (QED) is 0.352. The highest BCUT2D eigenvalue weighted by Gasteiger charge is 2.60. The summed E-state index contributed by atoms with van der Waals surface area (Å²) in [5.41, 5.74) is -0.604. The van der Waals surface area contributed by atoms with Gasteiger partial charge >= 0.3 is 5.97 Å². The van der Waals surface area contributed by atoms with Crippen LogP contribution in [0.15, 0.2) is 17.1 Å². The predicted molar refractivity (Wildman–Crippen MR) is 148 cm³/mol. The molecule has 1 aromatic carbocycles. The molecule has 3 N–H and O–H groups in total. The highest BCUT2D eigenvalue weighted by atomic mass is 19.1. The largest absolute Gasteiger partial charge is 0.492 e. The zero-order valence-electron chi connectivity index (χ0n) is 24.4. The molecule has 4 aliphatic rings. The molecule has 1 saturated carbocycles. The first-order chi connectivity index (χ1) is 19.9. The van der Waals surface area contributed by atoms with Crippen molar-refractivity contribution in [3.63, 3.8) is 0 Å². The third kappa shape index (κ3) is 5.38. The van der Waals surface area contributed by atoms with Crippen molar-refractivity contribution in [3.8, 4) is 5.75 Å². The highest BCUT2D eigenvalue weighted by Crippen LogP contribution is 2.44. The van der Waals surface area contributed by atoms with Crippen molar-refractivity contribution in [1.29, 1.82) is 0 Å². The van der Waals surface area contributed by atoms with Gasteiger partial charge in [-0.1, -0.05) is 0 Å². The van der Waals surface area contributed by atoms with Crippen molar-refractivity contribution in [2.75, 3.05) is 32.1 Å². The van der Waals surface area contributed by atoms with Gasteiger partial charge in [-0.2, -0.15) is 0 Å². The molecule has 3 saturated heterocycles. The van der Waals surface area contributed by atoms with Crippen LogP contribution in [0.5, 0.6) is 5.75 Å². The smallest absolute Gasteiger partial charge is 0.341 e. The lowest BCUT2D eigenvalue weighted by molar-refractivity contribution is -0.232. The summed E-state index contributed by atoms with van der Waals surface area (Å²) >= 11 is 0. The summed E-state index contributed by atoms with van der Waals surface area (Å²) in [4.78, 5) is 24.5. The van der Waals surface area contributed by atoms with Gasteiger partial charge in [-0.05, 0) is 59.6 Å². The Bertz CT molecular complexity index is 1440. The molecule has 1 aliphatic carbocycles. The third-order valence-electron chi connectivity index (χ3n) is 8.03. The summed E-state index contributed by atoms with van der Waals surface area (Å²) in [6.07, 6.45) is 1.73. The van der Waals surface area contributed by atoms with Crippen LogP contribution in [0.4, 0.5) is 10.1 Å². The Balaban J connectivity index is 1.10. The van der Waals surface area contributed by atoms with Crippen LogP contribution < -0.4 is 20.8 Å². The Morgan fingerprint density at radius 1 is 1.10 bits per heavy atom. The average molecular weight is 592 g/mol. The number of hydrogen-bond donors (Lipinski definition) is 3. The van der Waals surface area contributed by atoms with Crippen LogP contribution >= 0.6 is 0 Å². The second-order valence-electron chi connectivity index (χ2n) is 12.2. The van der Waals surface area contributed by atoms with E-state index in [0.717, 1.165) is 18.9 Å². The third-order valence-corrected chi connectivity index (χ3v) is 8.03. The number of methoxy groups -OCH3 is 1. The lowest BCUT2D eigenvalue weighted by Crippen LogP contribution is -2.57. The molecular formula is C29H38FN3O9. The number of rotatable bonds is 10. The molecule has 0 radical (unpaired) electrons. The fourth-order valence-electron chi connectivity index (χ4n) is 6.14. The molecule has 13 heteroatoms. The molecule has 4 fully saturated rings. The monoisotopic (exact) mass is 591 g/mol. The van der Waals surface area contributed by atoms with E-state index < -0.39 is 35.1 Å². The lowest BCUT2D eigenvalue weighted by atomic mass is 9.99. The molecule has 0 bridgehead atoms. The molecule has 5 atom stereocenters. The van der Waals surface area contributed by atoms with E-state index in [1.165, 1.54) is 13.3 Å². The zero-order chi connectivity index (χ0) is 30.0. The number of pyridine rings is 1. The molecule has 2 aromatic rings. The predicted octanol–water partition coefficient (Wildman–Crippen LogP) is 2.97. The number of aromatic carboxylic acids is 1. The number of ether oxygens (including phenoxy) is 6. The maximum Gasteiger partial charge on any atom is 0.341 e. The van der Waals surface area contributed by atoms with Gasteiger partial charge in [0.15, 0.2) is 29.4 Å². The van der Waals surface area contributed by atoms with E-state index >= 15 is 4.39 Å². The minimum atomic E-state index is -1.34. The fraction of sp³-hybridized carbons (Fsp3) is 0.655. The molecular weight excluding hydrogens is 553 g/mol. The van der Waals surface area contributed by atoms with Crippen molar-refractivity contribution in [2.24, 2.45) is 0 Å². The van der Waals surface area contributed by atoms with Gasteiger partial charge in [0.25, 0.3) is 0 Å². The molecule has 12 nitrogen and oxygen atoms in total. The number of carbonyl (C=O) groups is 1. The second-order valence-corrected chi connectivity index (χ2v) is 12.2.